The zero-order valence-electron chi connectivity index (χ0n) is 10.3. The van der Waals surface area contributed by atoms with E-state index in [1.807, 2.05) is 25.1 Å². The summed E-state index contributed by atoms with van der Waals surface area (Å²) in [6.45, 7) is 2.14. The molecule has 1 aromatic rings. The molecule has 17 heavy (non-hydrogen) atoms. The first kappa shape index (κ1) is 13.7. The summed E-state index contributed by atoms with van der Waals surface area (Å²) in [4.78, 5) is 0. The summed E-state index contributed by atoms with van der Waals surface area (Å²) in [5, 5.41) is 21.4. The van der Waals surface area contributed by atoms with Crippen molar-refractivity contribution < 1.29 is 5.11 Å². The van der Waals surface area contributed by atoms with Crippen LogP contribution in [0.5, 0.6) is 0 Å². The third kappa shape index (κ3) is 4.99. The van der Waals surface area contributed by atoms with Gasteiger partial charge in [0.25, 0.3) is 0 Å². The van der Waals surface area contributed by atoms with Gasteiger partial charge < -0.3 is 10.4 Å². The Bertz CT molecular complexity index is 345. The summed E-state index contributed by atoms with van der Waals surface area (Å²) < 4.78 is 0. The van der Waals surface area contributed by atoms with Gasteiger partial charge in [-0.15, -0.1) is 0 Å². The van der Waals surface area contributed by atoms with Crippen LogP contribution in [0.1, 0.15) is 25.3 Å². The molecule has 3 nitrogen and oxygen atoms in total. The molecule has 2 unspecified atom stereocenters. The molecule has 92 valence electrons. The second-order valence-corrected chi connectivity index (χ2v) is 4.20. The zero-order chi connectivity index (χ0) is 12.5. The van der Waals surface area contributed by atoms with Crippen LogP contribution in [0, 0.1) is 11.3 Å². The Balaban J connectivity index is 2.51. The average Bonchev–Trinajstić information content (AvgIpc) is 2.38. The van der Waals surface area contributed by atoms with Crippen molar-refractivity contribution in [2.45, 2.75) is 38.3 Å². The van der Waals surface area contributed by atoms with Gasteiger partial charge in [-0.05, 0) is 18.4 Å². The number of aliphatic hydroxyl groups excluding tert-OH is 1. The van der Waals surface area contributed by atoms with Gasteiger partial charge in [-0.2, -0.15) is 5.26 Å². The van der Waals surface area contributed by atoms with E-state index in [0.717, 1.165) is 12.8 Å². The highest BCUT2D eigenvalue weighted by molar-refractivity contribution is 5.16. The molecule has 0 bridgehead atoms. The molecule has 2 atom stereocenters. The van der Waals surface area contributed by atoms with Crippen molar-refractivity contribution in [1.82, 2.24) is 5.32 Å². The molecule has 0 aliphatic heterocycles. The van der Waals surface area contributed by atoms with Crippen molar-refractivity contribution in [3.05, 3.63) is 35.9 Å². The lowest BCUT2D eigenvalue weighted by molar-refractivity contribution is 0.229. The Labute approximate surface area is 103 Å². The molecular formula is C14H20N2O. The van der Waals surface area contributed by atoms with Crippen molar-refractivity contribution >= 4 is 0 Å². The van der Waals surface area contributed by atoms with E-state index in [0.29, 0.717) is 6.42 Å². The topological polar surface area (TPSA) is 56.0 Å². The molecule has 0 amide bonds. The number of hydrogen-bond acceptors (Lipinski definition) is 3. The fourth-order valence-electron chi connectivity index (χ4n) is 1.84. The van der Waals surface area contributed by atoms with Crippen LogP contribution in [0.15, 0.2) is 30.3 Å². The summed E-state index contributed by atoms with van der Waals surface area (Å²) in [6.07, 6.45) is 2.18. The molecule has 0 heterocycles. The first-order chi connectivity index (χ1) is 8.30. The van der Waals surface area contributed by atoms with Crippen molar-refractivity contribution in [3.8, 4) is 6.07 Å². The lowest BCUT2D eigenvalue weighted by atomic mass is 10.0. The molecule has 0 fully saturated rings. The van der Waals surface area contributed by atoms with E-state index in [1.54, 1.807) is 0 Å². The molecule has 0 aliphatic carbocycles. The first-order valence-corrected chi connectivity index (χ1v) is 6.08. The number of nitrogens with zero attached hydrogens (tertiary/aromatic N) is 1. The minimum Gasteiger partial charge on any atom is -0.395 e. The van der Waals surface area contributed by atoms with Gasteiger partial charge in [0.05, 0.1) is 19.1 Å². The standard InChI is InChI=1S/C14H20N2O/c1-2-13(8-9-15)16-14(11-17)10-12-6-4-3-5-7-12/h3-7,13-14,16-17H,2,8,10-11H2,1H3. The maximum absolute atomic E-state index is 9.35. The number of hydrogen-bond donors (Lipinski definition) is 2. The second kappa shape index (κ2) is 7.83. The normalized spacial score (nSPS) is 13.9. The molecule has 0 aromatic heterocycles. The van der Waals surface area contributed by atoms with Gasteiger partial charge >= 0.3 is 0 Å². The Morgan fingerprint density at radius 3 is 2.53 bits per heavy atom. The van der Waals surface area contributed by atoms with Crippen molar-refractivity contribution in [2.75, 3.05) is 6.61 Å². The molecule has 3 heteroatoms. The summed E-state index contributed by atoms with van der Waals surface area (Å²) in [5.41, 5.74) is 1.20. The Morgan fingerprint density at radius 1 is 1.29 bits per heavy atom. The highest BCUT2D eigenvalue weighted by Crippen LogP contribution is 2.05. The van der Waals surface area contributed by atoms with Gasteiger partial charge in [-0.25, -0.2) is 0 Å². The summed E-state index contributed by atoms with van der Waals surface area (Å²) in [6, 6.07) is 12.4. The zero-order valence-corrected chi connectivity index (χ0v) is 10.3. The van der Waals surface area contributed by atoms with Crippen LogP contribution in [0.4, 0.5) is 0 Å². The molecule has 0 saturated heterocycles. The van der Waals surface area contributed by atoms with E-state index in [2.05, 4.69) is 23.5 Å². The van der Waals surface area contributed by atoms with Crippen molar-refractivity contribution in [1.29, 1.82) is 5.26 Å². The summed E-state index contributed by atoms with van der Waals surface area (Å²) in [7, 11) is 0. The molecule has 0 spiro atoms. The summed E-state index contributed by atoms with van der Waals surface area (Å²) in [5.74, 6) is 0. The minimum atomic E-state index is 0.0238. The number of nitrogens with one attached hydrogen (secondary N) is 1. The smallest absolute Gasteiger partial charge is 0.0638 e. The third-order valence-electron chi connectivity index (χ3n) is 2.85. The van der Waals surface area contributed by atoms with Gasteiger partial charge in [0.1, 0.15) is 0 Å². The molecule has 0 radical (unpaired) electrons. The maximum Gasteiger partial charge on any atom is 0.0638 e. The number of benzene rings is 1. The van der Waals surface area contributed by atoms with Gasteiger partial charge in [-0.1, -0.05) is 37.3 Å². The number of rotatable bonds is 7. The Kier molecular flexibility index (Phi) is 6.31. The van der Waals surface area contributed by atoms with E-state index in [9.17, 15) is 5.11 Å². The quantitative estimate of drug-likeness (QED) is 0.754. The van der Waals surface area contributed by atoms with Gasteiger partial charge in [0, 0.05) is 12.1 Å². The van der Waals surface area contributed by atoms with Crippen LogP contribution < -0.4 is 5.32 Å². The monoisotopic (exact) mass is 232 g/mol. The van der Waals surface area contributed by atoms with Crippen molar-refractivity contribution in [2.24, 2.45) is 0 Å². The predicted octanol–water partition coefficient (Wildman–Crippen LogP) is 1.87. The SMILES string of the molecule is CCC(CC#N)NC(CO)Cc1ccccc1. The van der Waals surface area contributed by atoms with E-state index in [-0.39, 0.29) is 18.7 Å². The molecule has 1 aromatic carbocycles. The van der Waals surface area contributed by atoms with Crippen LogP contribution in [0.3, 0.4) is 0 Å². The largest absolute Gasteiger partial charge is 0.395 e. The highest BCUT2D eigenvalue weighted by Gasteiger charge is 2.13. The summed E-state index contributed by atoms with van der Waals surface area (Å²) >= 11 is 0. The first-order valence-electron chi connectivity index (χ1n) is 6.08. The number of aliphatic hydroxyl groups is 1. The average molecular weight is 232 g/mol. The molecule has 0 aliphatic rings. The molecule has 1 rings (SSSR count). The van der Waals surface area contributed by atoms with E-state index in [4.69, 9.17) is 5.26 Å². The van der Waals surface area contributed by atoms with Crippen LogP contribution >= 0.6 is 0 Å². The predicted molar refractivity (Wildman–Crippen MR) is 68.5 cm³/mol. The van der Waals surface area contributed by atoms with Gasteiger partial charge in [0.2, 0.25) is 0 Å². The van der Waals surface area contributed by atoms with Crippen LogP contribution in [-0.2, 0) is 6.42 Å². The Morgan fingerprint density at radius 2 is 2.00 bits per heavy atom. The minimum absolute atomic E-state index is 0.0238. The second-order valence-electron chi connectivity index (χ2n) is 4.20. The van der Waals surface area contributed by atoms with E-state index in [1.165, 1.54) is 5.56 Å². The molecular weight excluding hydrogens is 212 g/mol. The lowest BCUT2D eigenvalue weighted by Crippen LogP contribution is -2.41. The Hall–Kier alpha value is -1.37. The fraction of sp³-hybridized carbons (Fsp3) is 0.500. The van der Waals surface area contributed by atoms with Crippen LogP contribution in [0.25, 0.3) is 0 Å². The van der Waals surface area contributed by atoms with Crippen LogP contribution in [-0.4, -0.2) is 23.8 Å². The fourth-order valence-corrected chi connectivity index (χ4v) is 1.84. The molecule has 0 saturated carbocycles. The van der Waals surface area contributed by atoms with Gasteiger partial charge in [-0.3, -0.25) is 0 Å². The van der Waals surface area contributed by atoms with E-state index < -0.39 is 0 Å². The lowest BCUT2D eigenvalue weighted by Gasteiger charge is -2.22. The van der Waals surface area contributed by atoms with E-state index >= 15 is 0 Å². The van der Waals surface area contributed by atoms with Gasteiger partial charge in [0.15, 0.2) is 0 Å². The maximum atomic E-state index is 9.35. The van der Waals surface area contributed by atoms with Crippen LogP contribution in [0.2, 0.25) is 0 Å². The number of nitriles is 1. The highest BCUT2D eigenvalue weighted by atomic mass is 16.3. The molecule has 2 N–H and O–H groups in total. The third-order valence-corrected chi connectivity index (χ3v) is 2.85. The van der Waals surface area contributed by atoms with Crippen molar-refractivity contribution in [3.63, 3.8) is 0 Å².